The molecule has 2 fully saturated rings. The average molecular weight is 519 g/mol. The third-order valence-corrected chi connectivity index (χ3v) is 12.1. The minimum absolute atomic E-state index is 0.0443. The maximum absolute atomic E-state index is 12.5. The van der Waals surface area contributed by atoms with Crippen LogP contribution in [0.3, 0.4) is 0 Å². The molecule has 6 nitrogen and oxygen atoms in total. The Balaban J connectivity index is 1.44. The first-order valence-electron chi connectivity index (χ1n) is 14.0. The topological polar surface area (TPSA) is 71.9 Å². The largest absolute Gasteiger partial charge is 0.490 e. The third-order valence-electron chi connectivity index (χ3n) is 8.54. The van der Waals surface area contributed by atoms with Crippen molar-refractivity contribution >= 4 is 14.4 Å². The normalized spacial score (nSPS) is 23.6. The fourth-order valence-corrected chi connectivity index (χ4v) is 6.10. The number of aromatic nitrogens is 1. The maximum Gasteiger partial charge on any atom is 0.410 e. The minimum Gasteiger partial charge on any atom is -0.490 e. The van der Waals surface area contributed by atoms with Crippen LogP contribution in [0.5, 0.6) is 5.75 Å². The first-order chi connectivity index (χ1) is 16.7. The van der Waals surface area contributed by atoms with Gasteiger partial charge >= 0.3 is 6.09 Å². The Morgan fingerprint density at radius 1 is 1.08 bits per heavy atom. The van der Waals surface area contributed by atoms with E-state index in [0.29, 0.717) is 12.5 Å². The predicted octanol–water partition coefficient (Wildman–Crippen LogP) is 6.97. The van der Waals surface area contributed by atoms with Crippen LogP contribution in [0.1, 0.15) is 91.5 Å². The van der Waals surface area contributed by atoms with E-state index in [2.05, 4.69) is 38.0 Å². The van der Waals surface area contributed by atoms with Crippen LogP contribution in [0.4, 0.5) is 4.79 Å². The Kier molecular flexibility index (Phi) is 9.53. The van der Waals surface area contributed by atoms with Gasteiger partial charge < -0.3 is 19.2 Å². The highest BCUT2D eigenvalue weighted by Crippen LogP contribution is 2.43. The lowest BCUT2D eigenvalue weighted by Crippen LogP contribution is -2.42. The molecule has 1 amide bonds. The van der Waals surface area contributed by atoms with E-state index in [4.69, 9.17) is 9.47 Å². The molecular formula is C29H50N2O4Si. The molecule has 0 aromatic carbocycles. The number of nitrogens with zero attached hydrogens (tertiary/aromatic N) is 2. The number of hydrogen-bond acceptors (Lipinski definition) is 5. The fourth-order valence-electron chi connectivity index (χ4n) is 5.35. The Morgan fingerprint density at radius 2 is 1.75 bits per heavy atom. The number of likely N-dealkylation sites (tertiary alicyclic amines) is 1. The molecule has 0 spiro atoms. The Labute approximate surface area is 220 Å². The minimum atomic E-state index is -2.12. The summed E-state index contributed by atoms with van der Waals surface area (Å²) in [6.45, 7) is 15.5. The molecule has 1 saturated heterocycles. The molecule has 36 heavy (non-hydrogen) atoms. The molecule has 0 unspecified atom stereocenters. The molecule has 1 N–H and O–H groups in total. The number of carbonyl (C=O) groups is 1. The zero-order valence-corrected chi connectivity index (χ0v) is 24.8. The van der Waals surface area contributed by atoms with E-state index in [9.17, 15) is 9.59 Å². The van der Waals surface area contributed by atoms with Crippen molar-refractivity contribution in [2.24, 2.45) is 11.8 Å². The molecule has 204 valence electrons. The van der Waals surface area contributed by atoms with Gasteiger partial charge in [0.25, 0.3) is 0 Å². The summed E-state index contributed by atoms with van der Waals surface area (Å²) < 4.78 is 11.7. The molecule has 2 aliphatic rings. The number of amides is 1. The van der Waals surface area contributed by atoms with Crippen LogP contribution in [-0.4, -0.2) is 53.9 Å². The highest BCUT2D eigenvalue weighted by atomic mass is 28.4. The second kappa shape index (κ2) is 11.8. The van der Waals surface area contributed by atoms with Crippen molar-refractivity contribution in [1.82, 2.24) is 9.88 Å². The molecule has 3 rings (SSSR count). The van der Waals surface area contributed by atoms with Crippen LogP contribution in [0.25, 0.3) is 0 Å². The number of carbonyl (C=O) groups excluding carboxylic acids is 1. The molecule has 1 aliphatic heterocycles. The second-order valence-corrected chi connectivity index (χ2v) is 17.9. The van der Waals surface area contributed by atoms with Gasteiger partial charge in [0.1, 0.15) is 18.0 Å². The Morgan fingerprint density at radius 3 is 2.39 bits per heavy atom. The monoisotopic (exact) mass is 518 g/mol. The van der Waals surface area contributed by atoms with Crippen molar-refractivity contribution in [2.75, 3.05) is 13.2 Å². The molecule has 2 heterocycles. The van der Waals surface area contributed by atoms with Gasteiger partial charge in [-0.15, -0.1) is 0 Å². The van der Waals surface area contributed by atoms with Gasteiger partial charge in [-0.3, -0.25) is 4.98 Å². The van der Waals surface area contributed by atoms with Crippen LogP contribution < -0.4 is 4.74 Å². The smallest absolute Gasteiger partial charge is 0.410 e. The zero-order valence-electron chi connectivity index (χ0n) is 23.8. The maximum atomic E-state index is 12.5. The lowest BCUT2D eigenvalue weighted by atomic mass is 9.77. The molecule has 0 bridgehead atoms. The summed E-state index contributed by atoms with van der Waals surface area (Å²) in [5.41, 5.74) is 0.747. The van der Waals surface area contributed by atoms with E-state index >= 15 is 0 Å². The van der Waals surface area contributed by atoms with E-state index in [0.717, 1.165) is 43.9 Å². The summed E-state index contributed by atoms with van der Waals surface area (Å²) >= 11 is 0. The second-order valence-electron chi connectivity index (χ2n) is 13.4. The van der Waals surface area contributed by atoms with Gasteiger partial charge in [0.15, 0.2) is 8.32 Å². The summed E-state index contributed by atoms with van der Waals surface area (Å²) in [7, 11) is -2.12. The summed E-state index contributed by atoms with van der Waals surface area (Å²) in [5.74, 6) is 2.28. The van der Waals surface area contributed by atoms with Crippen LogP contribution in [-0.2, 0) is 11.2 Å². The van der Waals surface area contributed by atoms with Gasteiger partial charge in [-0.05, 0) is 101 Å². The molecule has 1 saturated carbocycles. The third kappa shape index (κ3) is 8.47. The van der Waals surface area contributed by atoms with Gasteiger partial charge in [-0.1, -0.05) is 33.1 Å². The van der Waals surface area contributed by atoms with Crippen LogP contribution in [0, 0.1) is 11.8 Å². The van der Waals surface area contributed by atoms with Gasteiger partial charge in [-0.2, -0.15) is 0 Å². The first kappa shape index (κ1) is 29.0. The lowest BCUT2D eigenvalue weighted by molar-refractivity contribution is 0.0187. The zero-order chi connectivity index (χ0) is 26.6. The van der Waals surface area contributed by atoms with Crippen LogP contribution >= 0.6 is 0 Å². The number of pyridine rings is 1. The van der Waals surface area contributed by atoms with E-state index < -0.39 is 13.9 Å². The SMILES string of the molecule is CC(C)(C)OC(=O)N1CCC[C@H]1COc1cncc(C[C@H]2CC[C@H](CCC(C)(C)[Si](C)(C)O)CC2)c1. The van der Waals surface area contributed by atoms with Crippen molar-refractivity contribution in [3.63, 3.8) is 0 Å². The van der Waals surface area contributed by atoms with Crippen molar-refractivity contribution in [1.29, 1.82) is 0 Å². The van der Waals surface area contributed by atoms with Crippen LogP contribution in [0.2, 0.25) is 18.1 Å². The van der Waals surface area contributed by atoms with E-state index in [1.165, 1.54) is 37.7 Å². The van der Waals surface area contributed by atoms with Gasteiger partial charge in [0.05, 0.1) is 12.2 Å². The summed E-state index contributed by atoms with van der Waals surface area (Å²) in [6, 6.07) is 2.17. The van der Waals surface area contributed by atoms with Crippen molar-refractivity contribution in [2.45, 2.75) is 122 Å². The summed E-state index contributed by atoms with van der Waals surface area (Å²) in [4.78, 5) is 29.4. The molecule has 1 atom stereocenters. The van der Waals surface area contributed by atoms with Crippen molar-refractivity contribution < 1.29 is 19.1 Å². The van der Waals surface area contributed by atoms with Gasteiger partial charge in [0.2, 0.25) is 0 Å². The van der Waals surface area contributed by atoms with Crippen LogP contribution in [0.15, 0.2) is 18.5 Å². The number of ether oxygens (including phenoxy) is 2. The van der Waals surface area contributed by atoms with Gasteiger partial charge in [-0.25, -0.2) is 4.79 Å². The molecule has 0 radical (unpaired) electrons. The molecule has 1 aliphatic carbocycles. The fraction of sp³-hybridized carbons (Fsp3) is 0.793. The van der Waals surface area contributed by atoms with E-state index in [1.807, 2.05) is 31.9 Å². The Bertz CT molecular complexity index is 854. The molecular weight excluding hydrogens is 468 g/mol. The Hall–Kier alpha value is -1.60. The quantitative estimate of drug-likeness (QED) is 0.358. The standard InChI is InChI=1S/C29H50N2O4Si/c1-28(2,3)35-27(32)31-16-8-9-25(31)21-34-26-18-24(19-30-20-26)17-23-12-10-22(11-13-23)14-15-29(4,5)36(6,7)33/h18-20,22-23,25,33H,8-17,21H2,1-7H3/t22-,23-,25-/m0/s1. The summed E-state index contributed by atoms with van der Waals surface area (Å²) in [5, 5.41) is 0.0817. The molecule has 7 heteroatoms. The predicted molar refractivity (Wildman–Crippen MR) is 148 cm³/mol. The number of hydrogen-bond donors (Lipinski definition) is 1. The molecule has 1 aromatic heterocycles. The molecule has 1 aromatic rings. The van der Waals surface area contributed by atoms with E-state index in [1.54, 1.807) is 6.20 Å². The van der Waals surface area contributed by atoms with Crippen molar-refractivity contribution in [3.8, 4) is 5.75 Å². The first-order valence-corrected chi connectivity index (χ1v) is 17.0. The van der Waals surface area contributed by atoms with Crippen molar-refractivity contribution in [3.05, 3.63) is 24.0 Å². The highest BCUT2D eigenvalue weighted by Gasteiger charge is 2.38. The average Bonchev–Trinajstić information content (AvgIpc) is 3.25. The lowest BCUT2D eigenvalue weighted by Gasteiger charge is -2.37. The number of rotatable bonds is 9. The highest BCUT2D eigenvalue weighted by molar-refractivity contribution is 6.72. The van der Waals surface area contributed by atoms with Gasteiger partial charge in [0, 0.05) is 12.7 Å². The van der Waals surface area contributed by atoms with E-state index in [-0.39, 0.29) is 17.2 Å². The summed E-state index contributed by atoms with van der Waals surface area (Å²) in [6.07, 6.45) is 14.0.